The number of carbonyl (C=O) groups excluding carboxylic acids is 1. The lowest BCUT2D eigenvalue weighted by Crippen LogP contribution is -2.44. The number of aliphatic hydroxyl groups excluding tert-OH is 1. The van der Waals surface area contributed by atoms with Crippen molar-refractivity contribution in [3.05, 3.63) is 0 Å². The van der Waals surface area contributed by atoms with Gasteiger partial charge >= 0.3 is 0 Å². The van der Waals surface area contributed by atoms with E-state index in [1.807, 2.05) is 4.90 Å². The van der Waals surface area contributed by atoms with Crippen LogP contribution in [0.2, 0.25) is 0 Å². The molecule has 19 heavy (non-hydrogen) atoms. The summed E-state index contributed by atoms with van der Waals surface area (Å²) in [5.41, 5.74) is 0. The van der Waals surface area contributed by atoms with Gasteiger partial charge in [0.1, 0.15) is 0 Å². The van der Waals surface area contributed by atoms with E-state index in [1.165, 1.54) is 25.7 Å². The Morgan fingerprint density at radius 1 is 1.21 bits per heavy atom. The normalized spacial score (nSPS) is 26.6. The van der Waals surface area contributed by atoms with E-state index in [2.05, 4.69) is 6.92 Å². The molecule has 1 saturated carbocycles. The summed E-state index contributed by atoms with van der Waals surface area (Å²) in [7, 11) is 0. The van der Waals surface area contributed by atoms with Gasteiger partial charge in [0.15, 0.2) is 0 Å². The number of hydrogen-bond donors (Lipinski definition) is 1. The number of likely N-dealkylation sites (tertiary alicyclic amines) is 1. The van der Waals surface area contributed by atoms with E-state index in [1.54, 1.807) is 0 Å². The van der Waals surface area contributed by atoms with Crippen molar-refractivity contribution in [2.24, 2.45) is 17.8 Å². The maximum Gasteiger partial charge on any atom is 0.225 e. The van der Waals surface area contributed by atoms with Crippen molar-refractivity contribution in [3.8, 4) is 0 Å². The standard InChI is InChI=1S/C16H29NO2/c1-2-15(10-13-6-3-4-7-13)16(19)17-9-5-8-14(11-17)12-18/h13-15,18H,2-12H2,1H3. The Bertz CT molecular complexity index is 286. The molecule has 3 nitrogen and oxygen atoms in total. The lowest BCUT2D eigenvalue weighted by molar-refractivity contribution is -0.138. The minimum absolute atomic E-state index is 0.223. The van der Waals surface area contributed by atoms with Gasteiger partial charge in [-0.2, -0.15) is 0 Å². The fourth-order valence-corrected chi connectivity index (χ4v) is 3.76. The van der Waals surface area contributed by atoms with E-state index in [0.29, 0.717) is 11.8 Å². The highest BCUT2D eigenvalue weighted by atomic mass is 16.3. The molecule has 3 heteroatoms. The molecule has 2 fully saturated rings. The molecule has 0 spiro atoms. The molecule has 0 aromatic carbocycles. The molecule has 2 unspecified atom stereocenters. The average Bonchev–Trinajstić information content (AvgIpc) is 2.97. The van der Waals surface area contributed by atoms with E-state index in [-0.39, 0.29) is 12.5 Å². The summed E-state index contributed by atoms with van der Waals surface area (Å²) in [6, 6.07) is 0. The van der Waals surface area contributed by atoms with Crippen LogP contribution in [0.15, 0.2) is 0 Å². The number of hydrogen-bond acceptors (Lipinski definition) is 2. The van der Waals surface area contributed by atoms with Crippen molar-refractivity contribution >= 4 is 5.91 Å². The van der Waals surface area contributed by atoms with Crippen LogP contribution in [0.3, 0.4) is 0 Å². The number of nitrogens with zero attached hydrogens (tertiary/aromatic N) is 1. The quantitative estimate of drug-likeness (QED) is 0.832. The van der Waals surface area contributed by atoms with Gasteiger partial charge in [0.2, 0.25) is 5.91 Å². The van der Waals surface area contributed by atoms with Gasteiger partial charge in [-0.05, 0) is 37.5 Å². The Morgan fingerprint density at radius 2 is 1.89 bits per heavy atom. The molecule has 1 heterocycles. The van der Waals surface area contributed by atoms with Gasteiger partial charge in [-0.15, -0.1) is 0 Å². The molecule has 0 bridgehead atoms. The first-order valence-electron chi connectivity index (χ1n) is 8.14. The third-order valence-corrected chi connectivity index (χ3v) is 5.02. The number of rotatable bonds is 5. The SMILES string of the molecule is CCC(CC1CCCC1)C(=O)N1CCCC(CO)C1. The molecule has 2 rings (SSSR count). The fraction of sp³-hybridized carbons (Fsp3) is 0.938. The monoisotopic (exact) mass is 267 g/mol. The van der Waals surface area contributed by atoms with Crippen molar-refractivity contribution in [2.45, 2.75) is 58.3 Å². The zero-order valence-electron chi connectivity index (χ0n) is 12.3. The van der Waals surface area contributed by atoms with Crippen LogP contribution in [-0.2, 0) is 4.79 Å². The second kappa shape index (κ2) is 7.28. The highest BCUT2D eigenvalue weighted by Crippen LogP contribution is 2.32. The highest BCUT2D eigenvalue weighted by Gasteiger charge is 2.30. The van der Waals surface area contributed by atoms with E-state index < -0.39 is 0 Å². The second-order valence-corrected chi connectivity index (χ2v) is 6.47. The van der Waals surface area contributed by atoms with Crippen molar-refractivity contribution in [3.63, 3.8) is 0 Å². The topological polar surface area (TPSA) is 40.5 Å². The Balaban J connectivity index is 1.87. The van der Waals surface area contributed by atoms with Crippen LogP contribution in [0.1, 0.15) is 58.3 Å². The number of carbonyl (C=O) groups is 1. The summed E-state index contributed by atoms with van der Waals surface area (Å²) in [5, 5.41) is 9.28. The number of aliphatic hydroxyl groups is 1. The fourth-order valence-electron chi connectivity index (χ4n) is 3.76. The molecule has 1 saturated heterocycles. The van der Waals surface area contributed by atoms with Crippen LogP contribution in [0, 0.1) is 17.8 Å². The predicted molar refractivity (Wildman–Crippen MR) is 76.7 cm³/mol. The summed E-state index contributed by atoms with van der Waals surface area (Å²) in [6.45, 7) is 4.04. The predicted octanol–water partition coefficient (Wildman–Crippen LogP) is 2.82. The third kappa shape index (κ3) is 3.95. The summed E-state index contributed by atoms with van der Waals surface area (Å²) in [4.78, 5) is 14.6. The Kier molecular flexibility index (Phi) is 5.68. The summed E-state index contributed by atoms with van der Waals surface area (Å²) in [5.74, 6) is 1.67. The number of piperidine rings is 1. The first-order chi connectivity index (χ1) is 9.24. The maximum absolute atomic E-state index is 12.6. The average molecular weight is 267 g/mol. The summed E-state index contributed by atoms with van der Waals surface area (Å²) in [6.07, 6.45) is 9.53. The largest absolute Gasteiger partial charge is 0.396 e. The molecule has 0 aromatic rings. The highest BCUT2D eigenvalue weighted by molar-refractivity contribution is 5.78. The van der Waals surface area contributed by atoms with Gasteiger partial charge in [0.25, 0.3) is 0 Å². The molecular weight excluding hydrogens is 238 g/mol. The Morgan fingerprint density at radius 3 is 2.53 bits per heavy atom. The van der Waals surface area contributed by atoms with Crippen molar-refractivity contribution in [2.75, 3.05) is 19.7 Å². The van der Waals surface area contributed by atoms with Crippen LogP contribution in [0.4, 0.5) is 0 Å². The molecule has 1 aliphatic heterocycles. The zero-order valence-corrected chi connectivity index (χ0v) is 12.3. The van der Waals surface area contributed by atoms with Gasteiger partial charge in [0.05, 0.1) is 0 Å². The molecule has 1 N–H and O–H groups in total. The lowest BCUT2D eigenvalue weighted by atomic mass is 9.89. The van der Waals surface area contributed by atoms with E-state index in [0.717, 1.165) is 44.7 Å². The van der Waals surface area contributed by atoms with Gasteiger partial charge in [0, 0.05) is 25.6 Å². The van der Waals surface area contributed by atoms with Crippen molar-refractivity contribution < 1.29 is 9.90 Å². The van der Waals surface area contributed by atoms with Gasteiger partial charge < -0.3 is 10.0 Å². The second-order valence-electron chi connectivity index (χ2n) is 6.47. The third-order valence-electron chi connectivity index (χ3n) is 5.02. The van der Waals surface area contributed by atoms with Crippen LogP contribution >= 0.6 is 0 Å². The molecule has 1 amide bonds. The van der Waals surface area contributed by atoms with E-state index in [9.17, 15) is 9.90 Å². The van der Waals surface area contributed by atoms with Crippen LogP contribution in [0.25, 0.3) is 0 Å². The lowest BCUT2D eigenvalue weighted by Gasteiger charge is -2.34. The van der Waals surface area contributed by atoms with Crippen molar-refractivity contribution in [1.82, 2.24) is 4.90 Å². The van der Waals surface area contributed by atoms with Crippen LogP contribution < -0.4 is 0 Å². The summed E-state index contributed by atoms with van der Waals surface area (Å²) < 4.78 is 0. The molecule has 110 valence electrons. The van der Waals surface area contributed by atoms with E-state index >= 15 is 0 Å². The zero-order chi connectivity index (χ0) is 13.7. The minimum atomic E-state index is 0.223. The molecule has 0 aromatic heterocycles. The molecule has 2 atom stereocenters. The first kappa shape index (κ1) is 14.8. The molecule has 0 radical (unpaired) electrons. The van der Waals surface area contributed by atoms with Gasteiger partial charge in [-0.3, -0.25) is 4.79 Å². The summed E-state index contributed by atoms with van der Waals surface area (Å²) >= 11 is 0. The van der Waals surface area contributed by atoms with Gasteiger partial charge in [-0.1, -0.05) is 32.6 Å². The molecule has 2 aliphatic rings. The minimum Gasteiger partial charge on any atom is -0.396 e. The van der Waals surface area contributed by atoms with Crippen LogP contribution in [-0.4, -0.2) is 35.6 Å². The number of amides is 1. The molecular formula is C16H29NO2. The van der Waals surface area contributed by atoms with Crippen LogP contribution in [0.5, 0.6) is 0 Å². The Hall–Kier alpha value is -0.570. The van der Waals surface area contributed by atoms with E-state index in [4.69, 9.17) is 0 Å². The van der Waals surface area contributed by atoms with Gasteiger partial charge in [-0.25, -0.2) is 0 Å². The first-order valence-corrected chi connectivity index (χ1v) is 8.14. The maximum atomic E-state index is 12.6. The van der Waals surface area contributed by atoms with Crippen molar-refractivity contribution in [1.29, 1.82) is 0 Å². The molecule has 1 aliphatic carbocycles. The Labute approximate surface area is 117 Å². The smallest absolute Gasteiger partial charge is 0.225 e.